The standard InChI is InChI=1S/C22H22N4O5S/c1-13-6-4-5-7-16(13)25-32(29,30)18-12-15(8-9-17(18)31-3)21-14(2)24-26-20(28)11-10-19(27)23-22(21)26/h4-9,12,25H,10-11H2,1-3H3,(H,23,27). The SMILES string of the molecule is COc1ccc(-c2c(C)nn3c2NC(=O)CCC3=O)cc1S(=O)(=O)Nc1ccccc1C. The molecule has 1 aromatic heterocycles. The molecule has 0 bridgehead atoms. The number of amides is 1. The number of nitrogens with one attached hydrogen (secondary N) is 2. The third kappa shape index (κ3) is 3.84. The minimum absolute atomic E-state index is 0.0436. The third-order valence-electron chi connectivity index (χ3n) is 5.25. The van der Waals surface area contributed by atoms with Crippen LogP contribution < -0.4 is 14.8 Å². The van der Waals surface area contributed by atoms with Crippen LogP contribution in [0, 0.1) is 13.8 Å². The van der Waals surface area contributed by atoms with Gasteiger partial charge in [0.05, 0.1) is 18.5 Å². The first kappa shape index (κ1) is 21.6. The minimum Gasteiger partial charge on any atom is -0.495 e. The Bertz CT molecular complexity index is 1340. The molecule has 1 aliphatic rings. The maximum absolute atomic E-state index is 13.3. The van der Waals surface area contributed by atoms with Crippen LogP contribution in [0.4, 0.5) is 11.5 Å². The van der Waals surface area contributed by atoms with Crippen LogP contribution in [0.15, 0.2) is 47.4 Å². The van der Waals surface area contributed by atoms with E-state index in [-0.39, 0.29) is 41.1 Å². The molecule has 4 rings (SSSR count). The van der Waals surface area contributed by atoms with E-state index >= 15 is 0 Å². The van der Waals surface area contributed by atoms with Gasteiger partial charge in [0.25, 0.3) is 10.0 Å². The summed E-state index contributed by atoms with van der Waals surface area (Å²) < 4.78 is 35.6. The van der Waals surface area contributed by atoms with Crippen LogP contribution in [0.5, 0.6) is 5.75 Å². The second-order valence-corrected chi connectivity index (χ2v) is 9.10. The maximum atomic E-state index is 13.3. The molecule has 0 fully saturated rings. The van der Waals surface area contributed by atoms with E-state index in [1.165, 1.54) is 23.9 Å². The molecular weight excluding hydrogens is 432 g/mol. The van der Waals surface area contributed by atoms with Gasteiger partial charge in [0.15, 0.2) is 0 Å². The second-order valence-electron chi connectivity index (χ2n) is 7.45. The van der Waals surface area contributed by atoms with Crippen molar-refractivity contribution >= 4 is 33.3 Å². The largest absolute Gasteiger partial charge is 0.495 e. The summed E-state index contributed by atoms with van der Waals surface area (Å²) in [6.07, 6.45) is 0.102. The fraction of sp³-hybridized carbons (Fsp3) is 0.227. The van der Waals surface area contributed by atoms with Crippen LogP contribution in [0.1, 0.15) is 28.9 Å². The molecule has 0 spiro atoms. The minimum atomic E-state index is -4.01. The highest BCUT2D eigenvalue weighted by Gasteiger charge is 2.28. The molecule has 2 heterocycles. The van der Waals surface area contributed by atoms with Gasteiger partial charge in [-0.2, -0.15) is 9.78 Å². The van der Waals surface area contributed by atoms with E-state index in [1.807, 2.05) is 6.07 Å². The van der Waals surface area contributed by atoms with Crippen molar-refractivity contribution in [2.24, 2.45) is 0 Å². The van der Waals surface area contributed by atoms with Gasteiger partial charge >= 0.3 is 0 Å². The summed E-state index contributed by atoms with van der Waals surface area (Å²) in [7, 11) is -2.62. The summed E-state index contributed by atoms with van der Waals surface area (Å²) in [4.78, 5) is 24.4. The van der Waals surface area contributed by atoms with Gasteiger partial charge in [-0.05, 0) is 43.2 Å². The van der Waals surface area contributed by atoms with Crippen LogP contribution in [-0.2, 0) is 14.8 Å². The van der Waals surface area contributed by atoms with Gasteiger partial charge < -0.3 is 10.1 Å². The van der Waals surface area contributed by atoms with Crippen LogP contribution in [-0.4, -0.2) is 37.1 Å². The highest BCUT2D eigenvalue weighted by atomic mass is 32.2. The number of carbonyl (C=O) groups excluding carboxylic acids is 2. The molecule has 0 radical (unpaired) electrons. The molecule has 0 saturated heterocycles. The Balaban J connectivity index is 1.85. The lowest BCUT2D eigenvalue weighted by molar-refractivity contribution is -0.116. The number of sulfonamides is 1. The molecule has 10 heteroatoms. The van der Waals surface area contributed by atoms with Crippen LogP contribution >= 0.6 is 0 Å². The lowest BCUT2D eigenvalue weighted by Crippen LogP contribution is -2.15. The first-order valence-corrected chi connectivity index (χ1v) is 11.4. The number of aryl methyl sites for hydroxylation is 2. The molecule has 166 valence electrons. The number of para-hydroxylation sites is 1. The van der Waals surface area contributed by atoms with E-state index in [0.717, 1.165) is 5.56 Å². The van der Waals surface area contributed by atoms with E-state index in [0.29, 0.717) is 22.5 Å². The topological polar surface area (TPSA) is 119 Å². The van der Waals surface area contributed by atoms with E-state index in [4.69, 9.17) is 4.74 Å². The Labute approximate surface area is 185 Å². The molecule has 2 aromatic carbocycles. The van der Waals surface area contributed by atoms with E-state index in [1.54, 1.807) is 38.1 Å². The first-order valence-electron chi connectivity index (χ1n) is 9.91. The monoisotopic (exact) mass is 454 g/mol. The average molecular weight is 455 g/mol. The van der Waals surface area contributed by atoms with Crippen molar-refractivity contribution in [3.05, 3.63) is 53.7 Å². The molecular formula is C22H22N4O5S. The van der Waals surface area contributed by atoms with Crippen molar-refractivity contribution in [2.45, 2.75) is 31.6 Å². The number of rotatable bonds is 5. The van der Waals surface area contributed by atoms with Gasteiger partial charge in [0.2, 0.25) is 11.8 Å². The Kier molecular flexibility index (Phi) is 5.47. The fourth-order valence-electron chi connectivity index (χ4n) is 3.62. The summed E-state index contributed by atoms with van der Waals surface area (Å²) in [6.45, 7) is 3.50. The second kappa shape index (κ2) is 8.12. The number of hydrogen-bond acceptors (Lipinski definition) is 6. The number of fused-ring (bicyclic) bond motifs is 1. The van der Waals surface area contributed by atoms with Gasteiger partial charge in [-0.25, -0.2) is 8.42 Å². The lowest BCUT2D eigenvalue weighted by atomic mass is 10.1. The summed E-state index contributed by atoms with van der Waals surface area (Å²) in [5, 5.41) is 6.99. The van der Waals surface area contributed by atoms with Crippen molar-refractivity contribution < 1.29 is 22.7 Å². The Morgan fingerprint density at radius 2 is 1.84 bits per heavy atom. The zero-order valence-corrected chi connectivity index (χ0v) is 18.6. The smallest absolute Gasteiger partial charge is 0.265 e. The van der Waals surface area contributed by atoms with Gasteiger partial charge in [-0.15, -0.1) is 0 Å². The number of ether oxygens (including phenoxy) is 1. The fourth-order valence-corrected chi connectivity index (χ4v) is 4.95. The van der Waals surface area contributed by atoms with Crippen molar-refractivity contribution in [1.82, 2.24) is 9.78 Å². The zero-order valence-electron chi connectivity index (χ0n) is 17.8. The molecule has 2 N–H and O–H groups in total. The number of hydrogen-bond donors (Lipinski definition) is 2. The number of benzene rings is 2. The predicted octanol–water partition coefficient (Wildman–Crippen LogP) is 3.35. The zero-order chi connectivity index (χ0) is 23.0. The molecule has 1 aliphatic heterocycles. The lowest BCUT2D eigenvalue weighted by Gasteiger charge is -2.15. The summed E-state index contributed by atoms with van der Waals surface area (Å²) in [6, 6.07) is 11.7. The molecule has 3 aromatic rings. The number of anilines is 2. The molecule has 0 aliphatic carbocycles. The molecule has 9 nitrogen and oxygen atoms in total. The predicted molar refractivity (Wildman–Crippen MR) is 119 cm³/mol. The van der Waals surface area contributed by atoms with Gasteiger partial charge in [0, 0.05) is 18.4 Å². The third-order valence-corrected chi connectivity index (χ3v) is 6.64. The van der Waals surface area contributed by atoms with E-state index in [9.17, 15) is 18.0 Å². The number of methoxy groups -OCH3 is 1. The van der Waals surface area contributed by atoms with Crippen molar-refractivity contribution in [3.63, 3.8) is 0 Å². The molecule has 0 atom stereocenters. The van der Waals surface area contributed by atoms with Crippen molar-refractivity contribution in [3.8, 4) is 16.9 Å². The van der Waals surface area contributed by atoms with Gasteiger partial charge in [-0.3, -0.25) is 14.3 Å². The quantitative estimate of drug-likeness (QED) is 0.610. The highest BCUT2D eigenvalue weighted by Crippen LogP contribution is 2.37. The summed E-state index contributed by atoms with van der Waals surface area (Å²) in [5.41, 5.74) is 2.66. The highest BCUT2D eigenvalue weighted by molar-refractivity contribution is 7.92. The number of aromatic nitrogens is 2. The Morgan fingerprint density at radius 3 is 2.56 bits per heavy atom. The average Bonchev–Trinajstić information content (AvgIpc) is 3.01. The van der Waals surface area contributed by atoms with Crippen LogP contribution in [0.25, 0.3) is 11.1 Å². The molecule has 0 unspecified atom stereocenters. The van der Waals surface area contributed by atoms with Gasteiger partial charge in [0.1, 0.15) is 16.5 Å². The van der Waals surface area contributed by atoms with Crippen molar-refractivity contribution in [1.29, 1.82) is 0 Å². The Morgan fingerprint density at radius 1 is 1.09 bits per heavy atom. The van der Waals surface area contributed by atoms with Crippen LogP contribution in [0.3, 0.4) is 0 Å². The molecule has 0 saturated carbocycles. The van der Waals surface area contributed by atoms with Crippen LogP contribution in [0.2, 0.25) is 0 Å². The summed E-state index contributed by atoms with van der Waals surface area (Å²) >= 11 is 0. The maximum Gasteiger partial charge on any atom is 0.265 e. The number of nitrogens with zero attached hydrogens (tertiary/aromatic N) is 2. The molecule has 32 heavy (non-hydrogen) atoms. The normalized spacial score (nSPS) is 13.8. The number of carbonyl (C=O) groups is 2. The molecule has 1 amide bonds. The Hall–Kier alpha value is -3.66. The van der Waals surface area contributed by atoms with Gasteiger partial charge in [-0.1, -0.05) is 24.3 Å². The first-order chi connectivity index (χ1) is 15.2. The summed E-state index contributed by atoms with van der Waals surface area (Å²) in [5.74, 6) is -0.225. The van der Waals surface area contributed by atoms with E-state index in [2.05, 4.69) is 15.1 Å². The van der Waals surface area contributed by atoms with E-state index < -0.39 is 10.0 Å². The van der Waals surface area contributed by atoms with Crippen molar-refractivity contribution in [2.75, 3.05) is 17.1 Å².